The molecule has 0 fully saturated rings. The van der Waals surface area contributed by atoms with Crippen LogP contribution in [-0.4, -0.2) is 4.98 Å². The van der Waals surface area contributed by atoms with Gasteiger partial charge in [-0.05, 0) is 68.1 Å². The fraction of sp³-hybridized carbons (Fsp3) is 0.615. The molecule has 15 heavy (non-hydrogen) atoms. The summed E-state index contributed by atoms with van der Waals surface area (Å²) in [5, 5.41) is 0.797. The van der Waals surface area contributed by atoms with Crippen LogP contribution in [0.5, 0.6) is 0 Å². The predicted molar refractivity (Wildman–Crippen MR) is 62.5 cm³/mol. The largest absolute Gasteiger partial charge is 0.241 e. The number of pyridine rings is 1. The van der Waals surface area contributed by atoms with Crippen molar-refractivity contribution < 1.29 is 0 Å². The molecule has 0 amide bonds. The zero-order valence-corrected chi connectivity index (χ0v) is 9.74. The van der Waals surface area contributed by atoms with Crippen molar-refractivity contribution in [1.29, 1.82) is 0 Å². The van der Waals surface area contributed by atoms with E-state index < -0.39 is 0 Å². The number of rotatable bonds is 0. The van der Waals surface area contributed by atoms with E-state index in [0.29, 0.717) is 0 Å². The Bertz CT molecular complexity index is 398. The van der Waals surface area contributed by atoms with Crippen LogP contribution in [0.15, 0.2) is 0 Å². The minimum absolute atomic E-state index is 0.797. The van der Waals surface area contributed by atoms with E-state index in [1.54, 1.807) is 11.1 Å². The highest BCUT2D eigenvalue weighted by atomic mass is 35.5. The smallest absolute Gasteiger partial charge is 0.132 e. The molecular weight excluding hydrogens is 206 g/mol. The van der Waals surface area contributed by atoms with Gasteiger partial charge >= 0.3 is 0 Å². The monoisotopic (exact) mass is 221 g/mol. The molecule has 3 rings (SSSR count). The average molecular weight is 222 g/mol. The molecule has 0 saturated heterocycles. The third-order valence-corrected chi connectivity index (χ3v) is 4.07. The highest BCUT2D eigenvalue weighted by molar-refractivity contribution is 6.30. The molecule has 0 spiro atoms. The Morgan fingerprint density at radius 3 is 2.13 bits per heavy atom. The second-order valence-electron chi connectivity index (χ2n) is 4.70. The third kappa shape index (κ3) is 1.57. The molecule has 0 aliphatic heterocycles. The van der Waals surface area contributed by atoms with Crippen molar-refractivity contribution in [2.24, 2.45) is 0 Å². The summed E-state index contributed by atoms with van der Waals surface area (Å²) in [6.45, 7) is 0. The Balaban J connectivity index is 2.18. The van der Waals surface area contributed by atoms with E-state index in [2.05, 4.69) is 4.98 Å². The Labute approximate surface area is 95.9 Å². The zero-order chi connectivity index (χ0) is 10.3. The molecule has 0 bridgehead atoms. The quantitative estimate of drug-likeness (QED) is 0.612. The van der Waals surface area contributed by atoms with Crippen LogP contribution >= 0.6 is 11.6 Å². The van der Waals surface area contributed by atoms with Gasteiger partial charge in [0.15, 0.2) is 0 Å². The molecule has 2 heteroatoms. The number of nitrogens with zero attached hydrogens (tertiary/aromatic N) is 1. The van der Waals surface area contributed by atoms with Gasteiger partial charge in [0.05, 0.1) is 0 Å². The third-order valence-electron chi connectivity index (χ3n) is 3.75. The maximum Gasteiger partial charge on any atom is 0.132 e. The lowest BCUT2D eigenvalue weighted by molar-refractivity contribution is 0.625. The van der Waals surface area contributed by atoms with Gasteiger partial charge in [-0.15, -0.1) is 0 Å². The summed E-state index contributed by atoms with van der Waals surface area (Å²) >= 11 is 6.27. The maximum atomic E-state index is 6.27. The lowest BCUT2D eigenvalue weighted by Crippen LogP contribution is -2.15. The van der Waals surface area contributed by atoms with Crippen molar-refractivity contribution in [3.8, 4) is 0 Å². The normalized spacial score (nSPS) is 19.5. The average Bonchev–Trinajstić information content (AvgIpc) is 2.30. The molecular formula is C13H16ClN. The van der Waals surface area contributed by atoms with Crippen LogP contribution in [-0.2, 0) is 25.7 Å². The Morgan fingerprint density at radius 1 is 0.733 bits per heavy atom. The van der Waals surface area contributed by atoms with Crippen molar-refractivity contribution in [3.05, 3.63) is 27.5 Å². The molecule has 0 unspecified atom stereocenters. The summed E-state index contributed by atoms with van der Waals surface area (Å²) in [5.41, 5.74) is 5.78. The van der Waals surface area contributed by atoms with Gasteiger partial charge in [0, 0.05) is 5.69 Å². The Kier molecular flexibility index (Phi) is 2.44. The molecule has 0 atom stereocenters. The molecule has 80 valence electrons. The lowest BCUT2D eigenvalue weighted by Gasteiger charge is -2.25. The number of aromatic nitrogens is 1. The minimum Gasteiger partial charge on any atom is -0.241 e. The van der Waals surface area contributed by atoms with Gasteiger partial charge in [0.25, 0.3) is 0 Å². The van der Waals surface area contributed by atoms with E-state index in [9.17, 15) is 0 Å². The van der Waals surface area contributed by atoms with E-state index in [1.165, 1.54) is 49.8 Å². The summed E-state index contributed by atoms with van der Waals surface area (Å²) in [6.07, 6.45) is 10.0. The highest BCUT2D eigenvalue weighted by Crippen LogP contribution is 2.34. The van der Waals surface area contributed by atoms with E-state index in [0.717, 1.165) is 18.0 Å². The maximum absolute atomic E-state index is 6.27. The number of hydrogen-bond donors (Lipinski definition) is 0. The first-order valence-corrected chi connectivity index (χ1v) is 6.43. The summed E-state index contributed by atoms with van der Waals surface area (Å²) in [5.74, 6) is 0. The number of aryl methyl sites for hydroxylation is 1. The van der Waals surface area contributed by atoms with Gasteiger partial charge in [0.2, 0.25) is 0 Å². The fourth-order valence-electron chi connectivity index (χ4n) is 2.99. The van der Waals surface area contributed by atoms with Crippen LogP contribution in [0.4, 0.5) is 0 Å². The number of fused-ring (bicyclic) bond motifs is 3. The van der Waals surface area contributed by atoms with Crippen molar-refractivity contribution in [2.45, 2.75) is 51.4 Å². The van der Waals surface area contributed by atoms with Gasteiger partial charge in [0.1, 0.15) is 5.15 Å². The first-order valence-electron chi connectivity index (χ1n) is 6.05. The molecule has 1 aromatic rings. The molecule has 0 N–H and O–H groups in total. The molecule has 0 aromatic carbocycles. The topological polar surface area (TPSA) is 12.9 Å². The van der Waals surface area contributed by atoms with Crippen molar-refractivity contribution in [3.63, 3.8) is 0 Å². The SMILES string of the molecule is Clc1nc2c(c3c1CCCC3)CCCC2. The first-order chi connectivity index (χ1) is 7.36. The van der Waals surface area contributed by atoms with E-state index in [-0.39, 0.29) is 0 Å². The molecule has 1 aromatic heterocycles. The summed E-state index contributed by atoms with van der Waals surface area (Å²) in [7, 11) is 0. The van der Waals surface area contributed by atoms with Crippen LogP contribution in [0, 0.1) is 0 Å². The summed E-state index contributed by atoms with van der Waals surface area (Å²) in [6, 6.07) is 0. The fourth-order valence-corrected chi connectivity index (χ4v) is 3.30. The number of halogens is 1. The van der Waals surface area contributed by atoms with E-state index in [1.807, 2.05) is 0 Å². The van der Waals surface area contributed by atoms with E-state index in [4.69, 9.17) is 11.6 Å². The van der Waals surface area contributed by atoms with Gasteiger partial charge < -0.3 is 0 Å². The zero-order valence-electron chi connectivity index (χ0n) is 8.98. The van der Waals surface area contributed by atoms with Crippen molar-refractivity contribution in [2.75, 3.05) is 0 Å². The molecule has 1 heterocycles. The van der Waals surface area contributed by atoms with Crippen LogP contribution < -0.4 is 0 Å². The second-order valence-corrected chi connectivity index (χ2v) is 5.06. The molecule has 0 radical (unpaired) electrons. The molecule has 0 saturated carbocycles. The van der Waals surface area contributed by atoms with Crippen molar-refractivity contribution >= 4 is 11.6 Å². The van der Waals surface area contributed by atoms with Gasteiger partial charge in [-0.1, -0.05) is 11.6 Å². The standard InChI is InChI=1S/C13H16ClN/c14-13-11-7-2-1-5-9(11)10-6-3-4-8-12(10)15-13/h1-8H2. The van der Waals surface area contributed by atoms with Gasteiger partial charge in [-0.25, -0.2) is 4.98 Å². The summed E-state index contributed by atoms with van der Waals surface area (Å²) < 4.78 is 0. The lowest BCUT2D eigenvalue weighted by atomic mass is 9.84. The second kappa shape index (κ2) is 3.79. The first kappa shape index (κ1) is 9.65. The summed E-state index contributed by atoms with van der Waals surface area (Å²) in [4.78, 5) is 4.59. The predicted octanol–water partition coefficient (Wildman–Crippen LogP) is 3.49. The highest BCUT2D eigenvalue weighted by Gasteiger charge is 2.22. The Morgan fingerprint density at radius 2 is 1.33 bits per heavy atom. The van der Waals surface area contributed by atoms with Crippen LogP contribution in [0.2, 0.25) is 5.15 Å². The van der Waals surface area contributed by atoms with Gasteiger partial charge in [-0.3, -0.25) is 0 Å². The van der Waals surface area contributed by atoms with Crippen LogP contribution in [0.25, 0.3) is 0 Å². The minimum atomic E-state index is 0.797. The molecule has 2 aliphatic rings. The van der Waals surface area contributed by atoms with Crippen LogP contribution in [0.1, 0.15) is 48.1 Å². The molecule has 1 nitrogen and oxygen atoms in total. The van der Waals surface area contributed by atoms with E-state index >= 15 is 0 Å². The van der Waals surface area contributed by atoms with Gasteiger partial charge in [-0.2, -0.15) is 0 Å². The molecule has 2 aliphatic carbocycles. The van der Waals surface area contributed by atoms with Crippen molar-refractivity contribution in [1.82, 2.24) is 4.98 Å². The van der Waals surface area contributed by atoms with Crippen LogP contribution in [0.3, 0.4) is 0 Å². The number of hydrogen-bond acceptors (Lipinski definition) is 1. The Hall–Kier alpha value is -0.560.